The van der Waals surface area contributed by atoms with Gasteiger partial charge >= 0.3 is 6.09 Å². The fraction of sp³-hybridized carbons (Fsp3) is 0.412. The summed E-state index contributed by atoms with van der Waals surface area (Å²) in [5, 5.41) is 12.4. The fourth-order valence-corrected chi connectivity index (χ4v) is 2.98. The third kappa shape index (κ3) is 5.42. The molecular weight excluding hydrogens is 417 g/mol. The molecule has 7 nitrogen and oxygen atoms in total. The molecule has 0 spiro atoms. The van der Waals surface area contributed by atoms with Crippen molar-refractivity contribution >= 4 is 52.5 Å². The zero-order valence-electron chi connectivity index (χ0n) is 14.8. The number of aromatic nitrogens is 1. The highest BCUT2D eigenvalue weighted by Gasteiger charge is 2.19. The Morgan fingerprint density at radius 2 is 1.93 bits per heavy atom. The summed E-state index contributed by atoms with van der Waals surface area (Å²) in [4.78, 5) is 23.6. The Hall–Kier alpha value is -1.67. The van der Waals surface area contributed by atoms with Gasteiger partial charge < -0.3 is 25.5 Å². The van der Waals surface area contributed by atoms with E-state index in [-0.39, 0.29) is 42.6 Å². The summed E-state index contributed by atoms with van der Waals surface area (Å²) in [6.45, 7) is 2.74. The van der Waals surface area contributed by atoms with Crippen LogP contribution in [0.25, 0.3) is 10.8 Å². The van der Waals surface area contributed by atoms with Crippen molar-refractivity contribution in [1.82, 2.24) is 9.88 Å². The van der Waals surface area contributed by atoms with E-state index in [4.69, 9.17) is 38.8 Å². The Labute approximate surface area is 172 Å². The molecule has 1 aromatic heterocycles. The van der Waals surface area contributed by atoms with Crippen LogP contribution in [0.1, 0.15) is 25.5 Å². The average molecular weight is 439 g/mol. The summed E-state index contributed by atoms with van der Waals surface area (Å²) in [6, 6.07) is 3.09. The first-order valence-corrected chi connectivity index (χ1v) is 9.00. The second-order valence-corrected chi connectivity index (χ2v) is 6.50. The molecule has 2 rings (SSSR count). The van der Waals surface area contributed by atoms with Gasteiger partial charge in [0.25, 0.3) is 5.56 Å². The quantitative estimate of drug-likeness (QED) is 0.546. The second-order valence-electron chi connectivity index (χ2n) is 5.68. The molecule has 27 heavy (non-hydrogen) atoms. The molecule has 0 saturated carbocycles. The predicted octanol–water partition coefficient (Wildman–Crippen LogP) is 3.64. The largest absolute Gasteiger partial charge is 0.491 e. The highest BCUT2D eigenvalue weighted by atomic mass is 35.5. The maximum absolute atomic E-state index is 12.9. The summed E-state index contributed by atoms with van der Waals surface area (Å²) in [5.41, 5.74) is 6.04. The standard InChI is InChI=1S/C17H21Cl2N3O4.ClH/c1-2-3-6-26-15-10-7-12(18)13(19)8-11(10)16(23)22(14(15)9-20)5-4-21-17(24)25;/h7-8,21H,2-6,9,20H2,1H3,(H,24,25);1H. The highest BCUT2D eigenvalue weighted by molar-refractivity contribution is 6.42. The highest BCUT2D eigenvalue weighted by Crippen LogP contribution is 2.34. The van der Waals surface area contributed by atoms with Crippen LogP contribution in [-0.2, 0) is 13.1 Å². The van der Waals surface area contributed by atoms with Crippen LogP contribution >= 0.6 is 35.6 Å². The molecule has 1 amide bonds. The number of ether oxygens (including phenoxy) is 1. The number of fused-ring (bicyclic) bond motifs is 1. The molecule has 1 aromatic carbocycles. The van der Waals surface area contributed by atoms with E-state index in [0.717, 1.165) is 12.8 Å². The molecule has 0 radical (unpaired) electrons. The number of pyridine rings is 1. The van der Waals surface area contributed by atoms with Gasteiger partial charge in [0.05, 0.1) is 27.7 Å². The zero-order valence-corrected chi connectivity index (χ0v) is 17.1. The Morgan fingerprint density at radius 1 is 1.30 bits per heavy atom. The Bertz CT molecular complexity index is 871. The van der Waals surface area contributed by atoms with Crippen molar-refractivity contribution in [2.75, 3.05) is 13.2 Å². The van der Waals surface area contributed by atoms with Gasteiger partial charge in [0.2, 0.25) is 0 Å². The third-order valence-corrected chi connectivity index (χ3v) is 4.64. The van der Waals surface area contributed by atoms with Gasteiger partial charge in [-0.25, -0.2) is 4.79 Å². The minimum Gasteiger partial charge on any atom is -0.491 e. The number of nitrogens with two attached hydrogens (primary N) is 1. The van der Waals surface area contributed by atoms with Gasteiger partial charge in [-0.3, -0.25) is 4.79 Å². The SMILES string of the molecule is CCCCOc1c(CN)n(CCNC(=O)O)c(=O)c2cc(Cl)c(Cl)cc12.Cl. The summed E-state index contributed by atoms with van der Waals surface area (Å²) in [5.74, 6) is 0.476. The summed E-state index contributed by atoms with van der Waals surface area (Å²) in [6.07, 6.45) is 0.624. The normalized spacial score (nSPS) is 10.5. The number of unbranched alkanes of at least 4 members (excludes halogenated alkanes) is 1. The minimum absolute atomic E-state index is 0. The molecular formula is C17H22Cl3N3O4. The van der Waals surface area contributed by atoms with Crippen molar-refractivity contribution in [3.63, 3.8) is 0 Å². The number of rotatable bonds is 8. The van der Waals surface area contributed by atoms with Gasteiger partial charge in [0, 0.05) is 25.0 Å². The predicted molar refractivity (Wildman–Crippen MR) is 110 cm³/mol. The van der Waals surface area contributed by atoms with Crippen LogP contribution in [0, 0.1) is 0 Å². The first-order chi connectivity index (χ1) is 12.4. The molecule has 150 valence electrons. The number of nitrogens with zero attached hydrogens (tertiary/aromatic N) is 1. The number of halogens is 3. The fourth-order valence-electron chi connectivity index (χ4n) is 2.65. The van der Waals surface area contributed by atoms with Crippen molar-refractivity contribution < 1.29 is 14.6 Å². The van der Waals surface area contributed by atoms with Crippen molar-refractivity contribution in [2.24, 2.45) is 5.73 Å². The molecule has 0 bridgehead atoms. The Kier molecular flexibility index (Phi) is 9.18. The number of hydrogen-bond donors (Lipinski definition) is 3. The van der Waals surface area contributed by atoms with E-state index >= 15 is 0 Å². The van der Waals surface area contributed by atoms with Gasteiger partial charge in [-0.15, -0.1) is 12.4 Å². The molecule has 0 fully saturated rings. The molecule has 0 aliphatic rings. The molecule has 0 unspecified atom stereocenters. The van der Waals surface area contributed by atoms with Crippen LogP contribution in [0.2, 0.25) is 10.0 Å². The van der Waals surface area contributed by atoms with Crippen LogP contribution in [0.3, 0.4) is 0 Å². The van der Waals surface area contributed by atoms with E-state index in [1.807, 2.05) is 6.92 Å². The van der Waals surface area contributed by atoms with Crippen LogP contribution in [0.4, 0.5) is 4.79 Å². The molecule has 10 heteroatoms. The monoisotopic (exact) mass is 437 g/mol. The van der Waals surface area contributed by atoms with Crippen molar-refractivity contribution in [1.29, 1.82) is 0 Å². The number of hydrogen-bond acceptors (Lipinski definition) is 4. The lowest BCUT2D eigenvalue weighted by Crippen LogP contribution is -2.32. The second kappa shape index (κ2) is 10.6. The summed E-state index contributed by atoms with van der Waals surface area (Å²) in [7, 11) is 0. The number of benzene rings is 1. The van der Waals surface area contributed by atoms with Crippen molar-refractivity contribution in [3.8, 4) is 5.75 Å². The van der Waals surface area contributed by atoms with Gasteiger partial charge in [-0.1, -0.05) is 36.5 Å². The Morgan fingerprint density at radius 3 is 2.48 bits per heavy atom. The minimum atomic E-state index is -1.16. The lowest BCUT2D eigenvalue weighted by Gasteiger charge is -2.19. The molecule has 1 heterocycles. The van der Waals surface area contributed by atoms with Gasteiger partial charge in [-0.05, 0) is 18.6 Å². The first-order valence-electron chi connectivity index (χ1n) is 8.24. The average Bonchev–Trinajstić information content (AvgIpc) is 2.60. The van der Waals surface area contributed by atoms with Gasteiger partial charge in [0.1, 0.15) is 5.75 Å². The van der Waals surface area contributed by atoms with Crippen molar-refractivity contribution in [3.05, 3.63) is 38.2 Å². The van der Waals surface area contributed by atoms with E-state index in [9.17, 15) is 9.59 Å². The molecule has 0 atom stereocenters. The van der Waals surface area contributed by atoms with E-state index in [2.05, 4.69) is 5.32 Å². The van der Waals surface area contributed by atoms with Crippen molar-refractivity contribution in [2.45, 2.75) is 32.9 Å². The molecule has 2 aromatic rings. The molecule has 0 aliphatic heterocycles. The summed E-state index contributed by atoms with van der Waals surface area (Å²) < 4.78 is 7.34. The van der Waals surface area contributed by atoms with Crippen LogP contribution < -0.4 is 21.3 Å². The van der Waals surface area contributed by atoms with Crippen LogP contribution in [0.5, 0.6) is 5.75 Å². The zero-order chi connectivity index (χ0) is 19.3. The maximum atomic E-state index is 12.9. The smallest absolute Gasteiger partial charge is 0.404 e. The molecule has 4 N–H and O–H groups in total. The van der Waals surface area contributed by atoms with E-state index in [0.29, 0.717) is 33.8 Å². The van der Waals surface area contributed by atoms with E-state index in [1.165, 1.54) is 10.6 Å². The lowest BCUT2D eigenvalue weighted by atomic mass is 10.1. The summed E-state index contributed by atoms with van der Waals surface area (Å²) >= 11 is 12.2. The first kappa shape index (κ1) is 23.4. The third-order valence-electron chi connectivity index (χ3n) is 3.92. The van der Waals surface area contributed by atoms with E-state index < -0.39 is 6.09 Å². The Balaban J connectivity index is 0.00000364. The number of carboxylic acid groups (broad SMARTS) is 1. The topological polar surface area (TPSA) is 107 Å². The lowest BCUT2D eigenvalue weighted by molar-refractivity contribution is 0.194. The maximum Gasteiger partial charge on any atom is 0.404 e. The van der Waals surface area contributed by atoms with Gasteiger partial charge in [-0.2, -0.15) is 0 Å². The van der Waals surface area contributed by atoms with Crippen LogP contribution in [0.15, 0.2) is 16.9 Å². The molecule has 0 aliphatic carbocycles. The van der Waals surface area contributed by atoms with Gasteiger partial charge in [0.15, 0.2) is 0 Å². The van der Waals surface area contributed by atoms with Crippen LogP contribution in [-0.4, -0.2) is 28.9 Å². The number of amides is 1. The van der Waals surface area contributed by atoms with E-state index in [1.54, 1.807) is 6.07 Å². The number of carbonyl (C=O) groups is 1. The number of nitrogens with one attached hydrogen (secondary N) is 1. The molecule has 0 saturated heterocycles.